The largest absolute Gasteiger partial charge is 0.390 e. The van der Waals surface area contributed by atoms with E-state index in [9.17, 15) is 0 Å². The topological polar surface area (TPSA) is 38.5 Å². The maximum absolute atomic E-state index is 6.89. The van der Waals surface area contributed by atoms with Crippen LogP contribution in [0.15, 0.2) is 12.1 Å². The van der Waals surface area contributed by atoms with Crippen molar-refractivity contribution >= 4 is 23.1 Å². The van der Waals surface area contributed by atoms with Crippen LogP contribution in [0.25, 0.3) is 4.85 Å². The first kappa shape index (κ1) is 10.8. The van der Waals surface area contributed by atoms with Gasteiger partial charge in [-0.2, -0.15) is 0 Å². The molecule has 0 bridgehead atoms. The van der Waals surface area contributed by atoms with E-state index in [2.05, 4.69) is 15.1 Å². The average molecular weight is 212 g/mol. The molecule has 1 aromatic rings. The summed E-state index contributed by atoms with van der Waals surface area (Å²) in [5.41, 5.74) is 0.682. The third-order valence-corrected chi connectivity index (χ3v) is 1.78. The second kappa shape index (κ2) is 5.43. The Hall–Kier alpha value is -1.31. The van der Waals surface area contributed by atoms with Gasteiger partial charge in [-0.05, 0) is 17.7 Å². The van der Waals surface area contributed by atoms with E-state index in [1.807, 2.05) is 0 Å². The van der Waals surface area contributed by atoms with Crippen LogP contribution in [-0.2, 0) is 4.74 Å². The highest BCUT2D eigenvalue weighted by Crippen LogP contribution is 2.23. The molecule has 0 saturated heterocycles. The van der Waals surface area contributed by atoms with Crippen LogP contribution >= 0.6 is 11.6 Å². The Balaban J connectivity index is 2.72. The predicted octanol–water partition coefficient (Wildman–Crippen LogP) is 2.34. The fraction of sp³-hybridized carbons (Fsp3) is 0.333. The summed E-state index contributed by atoms with van der Waals surface area (Å²) in [6.45, 7) is 8.12. The van der Waals surface area contributed by atoms with Crippen LogP contribution in [0.1, 0.15) is 0 Å². The molecule has 4 nitrogen and oxygen atoms in total. The van der Waals surface area contributed by atoms with Gasteiger partial charge in [0.15, 0.2) is 0 Å². The lowest BCUT2D eigenvalue weighted by molar-refractivity contribution is 0.211. The van der Waals surface area contributed by atoms with E-state index in [0.717, 1.165) is 0 Å². The monoisotopic (exact) mass is 211 g/mol. The molecule has 1 heterocycles. The van der Waals surface area contributed by atoms with Crippen molar-refractivity contribution in [2.24, 2.45) is 0 Å². The van der Waals surface area contributed by atoms with Gasteiger partial charge < -0.3 is 14.9 Å². The van der Waals surface area contributed by atoms with Crippen molar-refractivity contribution < 1.29 is 4.74 Å². The molecule has 0 aliphatic rings. The van der Waals surface area contributed by atoms with Gasteiger partial charge >= 0.3 is 0 Å². The van der Waals surface area contributed by atoms with Gasteiger partial charge in [-0.1, -0.05) is 6.57 Å². The molecule has 1 aromatic heterocycles. The molecule has 0 fully saturated rings. The maximum Gasteiger partial charge on any atom is 0.294 e. The number of pyridine rings is 1. The lowest BCUT2D eigenvalue weighted by Crippen LogP contribution is -2.07. The number of hydrogen-bond acceptors (Lipinski definition) is 3. The Kier molecular flexibility index (Phi) is 4.17. The van der Waals surface area contributed by atoms with Gasteiger partial charge in [0.05, 0.1) is 12.3 Å². The van der Waals surface area contributed by atoms with E-state index >= 15 is 0 Å². The predicted molar refractivity (Wildman–Crippen MR) is 55.9 cm³/mol. The lowest BCUT2D eigenvalue weighted by atomic mass is 10.4. The number of ether oxygens (including phenoxy) is 1. The molecule has 0 amide bonds. The molecular weight excluding hydrogens is 202 g/mol. The van der Waals surface area contributed by atoms with E-state index < -0.39 is 0 Å². The smallest absolute Gasteiger partial charge is 0.294 e. The van der Waals surface area contributed by atoms with Crippen molar-refractivity contribution in [3.05, 3.63) is 28.7 Å². The van der Waals surface area contributed by atoms with Gasteiger partial charge in [-0.25, -0.2) is 0 Å². The first-order chi connectivity index (χ1) is 6.77. The fourth-order valence-electron chi connectivity index (χ4n) is 0.936. The van der Waals surface area contributed by atoms with Crippen molar-refractivity contribution in [2.45, 2.75) is 0 Å². The Morgan fingerprint density at radius 1 is 1.64 bits per heavy atom. The standard InChI is InChI=1S/C9H10ClN3O/c1-11-9-7(12-5-6-14-2)3-4-8(10)13-9/h3-4,12H,5-6H2,2H3. The molecule has 14 heavy (non-hydrogen) atoms. The Bertz CT molecular complexity index is 348. The highest BCUT2D eigenvalue weighted by Gasteiger charge is 2.04. The van der Waals surface area contributed by atoms with Crippen molar-refractivity contribution in [2.75, 3.05) is 25.6 Å². The van der Waals surface area contributed by atoms with E-state index in [-0.39, 0.29) is 5.82 Å². The van der Waals surface area contributed by atoms with Crippen LogP contribution in [0.2, 0.25) is 5.15 Å². The molecule has 0 atom stereocenters. The fourth-order valence-corrected chi connectivity index (χ4v) is 1.08. The number of nitrogens with zero attached hydrogens (tertiary/aromatic N) is 2. The third kappa shape index (κ3) is 2.87. The Morgan fingerprint density at radius 3 is 3.07 bits per heavy atom. The van der Waals surface area contributed by atoms with Crippen LogP contribution in [0.4, 0.5) is 11.5 Å². The van der Waals surface area contributed by atoms with Gasteiger partial charge in [0.25, 0.3) is 5.82 Å². The number of rotatable bonds is 4. The summed E-state index contributed by atoms with van der Waals surface area (Å²) < 4.78 is 4.87. The molecule has 0 saturated carbocycles. The second-order valence-electron chi connectivity index (χ2n) is 2.54. The summed E-state index contributed by atoms with van der Waals surface area (Å²) in [6, 6.07) is 3.38. The summed E-state index contributed by atoms with van der Waals surface area (Å²) in [4.78, 5) is 7.14. The quantitative estimate of drug-likeness (QED) is 0.472. The Morgan fingerprint density at radius 2 is 2.43 bits per heavy atom. The summed E-state index contributed by atoms with van der Waals surface area (Å²) >= 11 is 5.65. The minimum atomic E-state index is 0.286. The number of hydrogen-bond donors (Lipinski definition) is 1. The number of halogens is 1. The summed E-state index contributed by atoms with van der Waals surface area (Å²) in [5, 5.41) is 3.36. The molecule has 0 aliphatic carbocycles. The molecule has 0 unspecified atom stereocenters. The summed E-state index contributed by atoms with van der Waals surface area (Å²) in [6.07, 6.45) is 0. The molecule has 1 rings (SSSR count). The van der Waals surface area contributed by atoms with Crippen molar-refractivity contribution in [3.63, 3.8) is 0 Å². The molecular formula is C9H10ClN3O. The van der Waals surface area contributed by atoms with E-state index in [1.165, 1.54) is 0 Å². The van der Waals surface area contributed by atoms with Gasteiger partial charge in [-0.3, -0.25) is 0 Å². The molecule has 1 N–H and O–H groups in total. The van der Waals surface area contributed by atoms with E-state index in [0.29, 0.717) is 24.0 Å². The van der Waals surface area contributed by atoms with Crippen molar-refractivity contribution in [1.29, 1.82) is 0 Å². The number of aromatic nitrogens is 1. The van der Waals surface area contributed by atoms with Gasteiger partial charge in [0.2, 0.25) is 5.15 Å². The van der Waals surface area contributed by atoms with Crippen LogP contribution in [0.5, 0.6) is 0 Å². The molecule has 5 heteroatoms. The van der Waals surface area contributed by atoms with Gasteiger partial charge in [-0.15, -0.1) is 4.98 Å². The summed E-state index contributed by atoms with van der Waals surface area (Å²) in [7, 11) is 1.62. The summed E-state index contributed by atoms with van der Waals surface area (Å²) in [5.74, 6) is 0.286. The zero-order valence-electron chi connectivity index (χ0n) is 7.75. The molecule has 74 valence electrons. The molecule has 0 spiro atoms. The van der Waals surface area contributed by atoms with Crippen LogP contribution in [-0.4, -0.2) is 25.2 Å². The zero-order valence-corrected chi connectivity index (χ0v) is 8.51. The van der Waals surface area contributed by atoms with Crippen LogP contribution in [0, 0.1) is 6.57 Å². The Labute approximate surface area is 87.7 Å². The molecule has 0 radical (unpaired) electrons. The van der Waals surface area contributed by atoms with Crippen molar-refractivity contribution in [1.82, 2.24) is 4.98 Å². The highest BCUT2D eigenvalue weighted by atomic mass is 35.5. The maximum atomic E-state index is 6.89. The normalized spacial score (nSPS) is 9.50. The average Bonchev–Trinajstić information content (AvgIpc) is 2.20. The first-order valence-corrected chi connectivity index (χ1v) is 4.42. The minimum absolute atomic E-state index is 0.286. The van der Waals surface area contributed by atoms with E-state index in [4.69, 9.17) is 22.9 Å². The van der Waals surface area contributed by atoms with Crippen molar-refractivity contribution in [3.8, 4) is 0 Å². The minimum Gasteiger partial charge on any atom is -0.390 e. The molecule has 0 aromatic carbocycles. The number of anilines is 1. The van der Waals surface area contributed by atoms with E-state index in [1.54, 1.807) is 19.2 Å². The van der Waals surface area contributed by atoms with Gasteiger partial charge in [0, 0.05) is 19.7 Å². The van der Waals surface area contributed by atoms with Crippen LogP contribution in [0.3, 0.4) is 0 Å². The second-order valence-corrected chi connectivity index (χ2v) is 2.92. The molecule has 0 aliphatic heterocycles. The number of methoxy groups -OCH3 is 1. The number of nitrogens with one attached hydrogen (secondary N) is 1. The highest BCUT2D eigenvalue weighted by molar-refractivity contribution is 6.29. The zero-order chi connectivity index (χ0) is 10.4. The van der Waals surface area contributed by atoms with Gasteiger partial charge in [0.1, 0.15) is 0 Å². The first-order valence-electron chi connectivity index (χ1n) is 4.04. The SMILES string of the molecule is [C-]#[N+]c1nc(Cl)ccc1NCCOC. The lowest BCUT2D eigenvalue weighted by Gasteiger charge is -2.06. The van der Waals surface area contributed by atoms with Crippen LogP contribution < -0.4 is 5.32 Å². The third-order valence-electron chi connectivity index (χ3n) is 1.57.